The Balaban J connectivity index is 1.85. The lowest BCUT2D eigenvalue weighted by Crippen LogP contribution is -2.49. The molecule has 2 aliphatic rings. The smallest absolute Gasteiger partial charge is 0.320 e. The maximum Gasteiger partial charge on any atom is 0.320 e. The van der Waals surface area contributed by atoms with Gasteiger partial charge in [0, 0.05) is 12.6 Å². The van der Waals surface area contributed by atoms with Crippen molar-refractivity contribution in [1.82, 2.24) is 9.80 Å². The first-order chi connectivity index (χ1) is 9.61. The highest BCUT2D eigenvalue weighted by Gasteiger charge is 2.33. The van der Waals surface area contributed by atoms with E-state index in [4.69, 9.17) is 0 Å². The normalized spacial score (nSPS) is 33.2. The number of hydrogen-bond donors (Lipinski definition) is 1. The molecular formula is C16H30N2O2. The Labute approximate surface area is 123 Å². The van der Waals surface area contributed by atoms with Crippen LogP contribution in [0.25, 0.3) is 0 Å². The molecule has 4 heteroatoms. The van der Waals surface area contributed by atoms with Gasteiger partial charge in [-0.15, -0.1) is 0 Å². The van der Waals surface area contributed by atoms with Gasteiger partial charge in [-0.1, -0.05) is 19.8 Å². The van der Waals surface area contributed by atoms with Crippen molar-refractivity contribution in [3.63, 3.8) is 0 Å². The van der Waals surface area contributed by atoms with Crippen molar-refractivity contribution >= 4 is 5.97 Å². The third-order valence-corrected chi connectivity index (χ3v) is 5.36. The van der Waals surface area contributed by atoms with Gasteiger partial charge in [-0.3, -0.25) is 9.69 Å². The number of nitrogens with zero attached hydrogens (tertiary/aromatic N) is 2. The van der Waals surface area contributed by atoms with Gasteiger partial charge in [0.05, 0.1) is 0 Å². The van der Waals surface area contributed by atoms with Crippen LogP contribution in [0.1, 0.15) is 51.9 Å². The van der Waals surface area contributed by atoms with Crippen molar-refractivity contribution in [3.8, 4) is 0 Å². The van der Waals surface area contributed by atoms with Crippen molar-refractivity contribution in [2.45, 2.75) is 64.0 Å². The number of likely N-dealkylation sites (tertiary alicyclic amines) is 2. The molecule has 0 amide bonds. The lowest BCUT2D eigenvalue weighted by molar-refractivity contribution is -0.145. The molecule has 0 radical (unpaired) electrons. The Kier molecular flexibility index (Phi) is 5.85. The summed E-state index contributed by atoms with van der Waals surface area (Å²) in [4.78, 5) is 16.2. The number of aliphatic carboxylic acids is 1. The van der Waals surface area contributed by atoms with Crippen LogP contribution in [0.4, 0.5) is 0 Å². The van der Waals surface area contributed by atoms with E-state index in [9.17, 15) is 9.90 Å². The molecule has 3 unspecified atom stereocenters. The number of rotatable bonds is 5. The van der Waals surface area contributed by atoms with Gasteiger partial charge in [0.2, 0.25) is 0 Å². The topological polar surface area (TPSA) is 43.8 Å². The highest BCUT2D eigenvalue weighted by molar-refractivity contribution is 5.73. The van der Waals surface area contributed by atoms with Crippen LogP contribution in [-0.2, 0) is 4.79 Å². The maximum absolute atomic E-state index is 11.5. The molecule has 0 aromatic heterocycles. The SMILES string of the molecule is CCC1CCN(CCC2CCCCN2C)C(C(=O)O)C1. The molecule has 0 aliphatic carbocycles. The van der Waals surface area contributed by atoms with Gasteiger partial charge in [0.1, 0.15) is 6.04 Å². The zero-order valence-electron chi connectivity index (χ0n) is 13.1. The van der Waals surface area contributed by atoms with Crippen molar-refractivity contribution in [3.05, 3.63) is 0 Å². The molecule has 0 spiro atoms. The van der Waals surface area contributed by atoms with Crippen molar-refractivity contribution < 1.29 is 9.90 Å². The zero-order chi connectivity index (χ0) is 14.5. The Morgan fingerprint density at radius 2 is 2.05 bits per heavy atom. The predicted molar refractivity (Wildman–Crippen MR) is 80.9 cm³/mol. The average molecular weight is 282 g/mol. The molecular weight excluding hydrogens is 252 g/mol. The molecule has 2 aliphatic heterocycles. The number of carboxylic acid groups (broad SMARTS) is 1. The molecule has 0 saturated carbocycles. The molecule has 0 bridgehead atoms. The largest absolute Gasteiger partial charge is 0.480 e. The highest BCUT2D eigenvalue weighted by atomic mass is 16.4. The maximum atomic E-state index is 11.5. The standard InChI is InChI=1S/C16H30N2O2/c1-3-13-7-10-18(15(12-13)16(19)20)11-8-14-6-4-5-9-17(14)2/h13-15H,3-12H2,1-2H3,(H,19,20). The van der Waals surface area contributed by atoms with Gasteiger partial charge in [-0.05, 0) is 58.2 Å². The molecule has 2 heterocycles. The number of carbonyl (C=O) groups is 1. The number of carboxylic acids is 1. The van der Waals surface area contributed by atoms with Crippen LogP contribution < -0.4 is 0 Å². The first-order valence-corrected chi connectivity index (χ1v) is 8.29. The van der Waals surface area contributed by atoms with Gasteiger partial charge in [0.15, 0.2) is 0 Å². The van der Waals surface area contributed by atoms with E-state index >= 15 is 0 Å². The predicted octanol–water partition coefficient (Wildman–Crippen LogP) is 2.44. The lowest BCUT2D eigenvalue weighted by atomic mass is 9.88. The van der Waals surface area contributed by atoms with E-state index in [2.05, 4.69) is 23.8 Å². The molecule has 20 heavy (non-hydrogen) atoms. The van der Waals surface area contributed by atoms with E-state index in [0.717, 1.165) is 32.4 Å². The molecule has 0 aromatic carbocycles. The second kappa shape index (κ2) is 7.41. The molecule has 2 fully saturated rings. The summed E-state index contributed by atoms with van der Waals surface area (Å²) in [5.74, 6) is -0.0233. The Bertz CT molecular complexity index is 322. The minimum Gasteiger partial charge on any atom is -0.480 e. The van der Waals surface area contributed by atoms with Crippen LogP contribution in [-0.4, -0.2) is 59.6 Å². The molecule has 4 nitrogen and oxygen atoms in total. The second-order valence-electron chi connectivity index (χ2n) is 6.61. The van der Waals surface area contributed by atoms with Gasteiger partial charge in [-0.25, -0.2) is 0 Å². The van der Waals surface area contributed by atoms with Crippen molar-refractivity contribution in [1.29, 1.82) is 0 Å². The van der Waals surface area contributed by atoms with Crippen LogP contribution in [0, 0.1) is 5.92 Å². The zero-order valence-corrected chi connectivity index (χ0v) is 13.1. The van der Waals surface area contributed by atoms with E-state index in [1.807, 2.05) is 0 Å². The fourth-order valence-corrected chi connectivity index (χ4v) is 3.81. The number of piperidine rings is 2. The molecule has 116 valence electrons. The van der Waals surface area contributed by atoms with E-state index in [0.29, 0.717) is 12.0 Å². The van der Waals surface area contributed by atoms with Crippen molar-refractivity contribution in [2.75, 3.05) is 26.7 Å². The molecule has 3 atom stereocenters. The van der Waals surface area contributed by atoms with E-state index in [-0.39, 0.29) is 6.04 Å². The molecule has 0 aromatic rings. The van der Waals surface area contributed by atoms with E-state index in [1.54, 1.807) is 0 Å². The van der Waals surface area contributed by atoms with Gasteiger partial charge < -0.3 is 10.0 Å². The first-order valence-electron chi connectivity index (χ1n) is 8.29. The Hall–Kier alpha value is -0.610. The quantitative estimate of drug-likeness (QED) is 0.841. The summed E-state index contributed by atoms with van der Waals surface area (Å²) in [5.41, 5.74) is 0. The highest BCUT2D eigenvalue weighted by Crippen LogP contribution is 2.27. The van der Waals surface area contributed by atoms with Crippen molar-refractivity contribution in [2.24, 2.45) is 5.92 Å². The van der Waals surface area contributed by atoms with Crippen LogP contribution in [0.15, 0.2) is 0 Å². The van der Waals surface area contributed by atoms with Crippen LogP contribution >= 0.6 is 0 Å². The number of hydrogen-bond acceptors (Lipinski definition) is 3. The minimum atomic E-state index is -0.625. The third kappa shape index (κ3) is 3.95. The molecule has 2 rings (SSSR count). The summed E-state index contributed by atoms with van der Waals surface area (Å²) in [6.07, 6.45) is 8.16. The van der Waals surface area contributed by atoms with Gasteiger partial charge in [0.25, 0.3) is 0 Å². The molecule has 1 N–H and O–H groups in total. The van der Waals surface area contributed by atoms with Crippen LogP contribution in [0.3, 0.4) is 0 Å². The van der Waals surface area contributed by atoms with Gasteiger partial charge in [-0.2, -0.15) is 0 Å². The first kappa shape index (κ1) is 15.8. The fourth-order valence-electron chi connectivity index (χ4n) is 3.81. The monoisotopic (exact) mass is 282 g/mol. The summed E-state index contributed by atoms with van der Waals surface area (Å²) in [5, 5.41) is 9.46. The molecule has 2 saturated heterocycles. The van der Waals surface area contributed by atoms with E-state index < -0.39 is 5.97 Å². The van der Waals surface area contributed by atoms with Gasteiger partial charge >= 0.3 is 5.97 Å². The summed E-state index contributed by atoms with van der Waals surface area (Å²) < 4.78 is 0. The van der Waals surface area contributed by atoms with E-state index in [1.165, 1.54) is 32.2 Å². The third-order valence-electron chi connectivity index (χ3n) is 5.36. The summed E-state index contributed by atoms with van der Waals surface area (Å²) >= 11 is 0. The summed E-state index contributed by atoms with van der Waals surface area (Å²) in [6, 6.07) is 0.407. The Morgan fingerprint density at radius 1 is 1.25 bits per heavy atom. The average Bonchev–Trinajstić information content (AvgIpc) is 2.46. The minimum absolute atomic E-state index is 0.248. The lowest BCUT2D eigenvalue weighted by Gasteiger charge is -2.39. The Morgan fingerprint density at radius 3 is 2.70 bits per heavy atom. The second-order valence-corrected chi connectivity index (χ2v) is 6.61. The summed E-state index contributed by atoms with van der Waals surface area (Å²) in [6.45, 7) is 5.29. The fraction of sp³-hybridized carbons (Fsp3) is 0.938. The van der Waals surface area contributed by atoms with Crippen LogP contribution in [0.5, 0.6) is 0 Å². The summed E-state index contributed by atoms with van der Waals surface area (Å²) in [7, 11) is 2.21. The van der Waals surface area contributed by atoms with Crippen LogP contribution in [0.2, 0.25) is 0 Å².